The third-order valence-electron chi connectivity index (χ3n) is 5.35. The summed E-state index contributed by atoms with van der Waals surface area (Å²) in [7, 11) is -2.07. The fraction of sp³-hybridized carbons (Fsp3) is 0.350. The summed E-state index contributed by atoms with van der Waals surface area (Å²) in [6.07, 6.45) is 5.48. The predicted octanol–water partition coefficient (Wildman–Crippen LogP) is 2.50. The van der Waals surface area contributed by atoms with Crippen molar-refractivity contribution in [2.75, 3.05) is 18.4 Å². The first-order valence-electron chi connectivity index (χ1n) is 10.00. The third kappa shape index (κ3) is 4.69. The van der Waals surface area contributed by atoms with E-state index in [1.54, 1.807) is 25.4 Å². The van der Waals surface area contributed by atoms with Crippen molar-refractivity contribution in [2.24, 2.45) is 13.0 Å². The van der Waals surface area contributed by atoms with Crippen molar-refractivity contribution in [2.45, 2.75) is 24.3 Å². The first kappa shape index (κ1) is 22.4. The molecule has 2 aromatic heterocycles. The Kier molecular flexibility index (Phi) is 6.31. The Morgan fingerprint density at radius 2 is 2.16 bits per heavy atom. The molecule has 1 saturated heterocycles. The van der Waals surface area contributed by atoms with E-state index in [1.807, 2.05) is 0 Å². The summed E-state index contributed by atoms with van der Waals surface area (Å²) < 4.78 is 43.9. The molecule has 0 unspecified atom stereocenters. The smallest absolute Gasteiger partial charge is 0.246 e. The minimum absolute atomic E-state index is 0.0780. The highest BCUT2D eigenvalue weighted by atomic mass is 35.5. The first-order valence-corrected chi connectivity index (χ1v) is 11.8. The molecule has 32 heavy (non-hydrogen) atoms. The molecular weight excluding hydrogens is 459 g/mol. The SMILES string of the molecule is Cn1cc(S(=O)(=O)N2CCC[C@H](C(=O)Nc3ccn(Cc4c(F)cccc4Cl)n3)C2)cn1. The molecule has 1 N–H and O–H groups in total. The van der Waals surface area contributed by atoms with Crippen molar-refractivity contribution in [1.82, 2.24) is 23.9 Å². The van der Waals surface area contributed by atoms with E-state index in [9.17, 15) is 17.6 Å². The molecule has 0 radical (unpaired) electrons. The summed E-state index contributed by atoms with van der Waals surface area (Å²) in [5.41, 5.74) is 0.304. The quantitative estimate of drug-likeness (QED) is 0.584. The number of carbonyl (C=O) groups is 1. The van der Waals surface area contributed by atoms with Gasteiger partial charge >= 0.3 is 0 Å². The highest BCUT2D eigenvalue weighted by molar-refractivity contribution is 7.89. The van der Waals surface area contributed by atoms with Crippen LogP contribution in [0.1, 0.15) is 18.4 Å². The average molecular weight is 481 g/mol. The number of nitrogens with one attached hydrogen (secondary N) is 1. The molecule has 0 bridgehead atoms. The highest BCUT2D eigenvalue weighted by Gasteiger charge is 2.34. The van der Waals surface area contributed by atoms with Crippen LogP contribution in [-0.2, 0) is 28.4 Å². The number of aromatic nitrogens is 4. The fourth-order valence-corrected chi connectivity index (χ4v) is 5.38. The van der Waals surface area contributed by atoms with Crippen molar-refractivity contribution >= 4 is 33.3 Å². The van der Waals surface area contributed by atoms with Gasteiger partial charge in [0.2, 0.25) is 15.9 Å². The number of anilines is 1. The summed E-state index contributed by atoms with van der Waals surface area (Å²) in [5.74, 6) is -0.961. The van der Waals surface area contributed by atoms with Crippen LogP contribution in [0.2, 0.25) is 5.02 Å². The van der Waals surface area contributed by atoms with E-state index in [2.05, 4.69) is 15.5 Å². The van der Waals surface area contributed by atoms with Crippen molar-refractivity contribution < 1.29 is 17.6 Å². The standard InChI is InChI=1S/C20H22ClFN6O3S/c1-26-12-15(10-23-26)32(30,31)28-8-3-4-14(11-28)20(29)24-19-7-9-27(25-19)13-16-17(21)5-2-6-18(16)22/h2,5-7,9-10,12,14H,3-4,8,11,13H2,1H3,(H,24,25,29)/t14-/m0/s1. The summed E-state index contributed by atoms with van der Waals surface area (Å²) in [6, 6.07) is 6.04. The van der Waals surface area contributed by atoms with Gasteiger partial charge < -0.3 is 5.32 Å². The number of rotatable bonds is 6. The highest BCUT2D eigenvalue weighted by Crippen LogP contribution is 2.25. The molecule has 1 atom stereocenters. The van der Waals surface area contributed by atoms with Gasteiger partial charge in [0, 0.05) is 49.2 Å². The number of nitrogens with zero attached hydrogens (tertiary/aromatic N) is 5. The van der Waals surface area contributed by atoms with Gasteiger partial charge in [0.05, 0.1) is 18.7 Å². The maximum Gasteiger partial charge on any atom is 0.246 e. The van der Waals surface area contributed by atoms with E-state index in [1.165, 1.54) is 38.2 Å². The second-order valence-corrected chi connectivity index (χ2v) is 9.99. The van der Waals surface area contributed by atoms with Gasteiger partial charge in [0.1, 0.15) is 10.7 Å². The summed E-state index contributed by atoms with van der Waals surface area (Å²) >= 11 is 6.06. The Morgan fingerprint density at radius 3 is 2.88 bits per heavy atom. The Balaban J connectivity index is 1.41. The number of piperidine rings is 1. The molecule has 170 valence electrons. The third-order valence-corrected chi connectivity index (χ3v) is 7.52. The average Bonchev–Trinajstić information content (AvgIpc) is 3.40. The molecule has 1 fully saturated rings. The monoisotopic (exact) mass is 480 g/mol. The molecule has 12 heteroatoms. The number of carbonyl (C=O) groups excluding carboxylic acids is 1. The number of amides is 1. The number of sulfonamides is 1. The molecule has 1 aliphatic heterocycles. The van der Waals surface area contributed by atoms with E-state index >= 15 is 0 Å². The predicted molar refractivity (Wildman–Crippen MR) is 116 cm³/mol. The second kappa shape index (κ2) is 9.00. The normalized spacial score (nSPS) is 17.4. The molecule has 1 aromatic carbocycles. The van der Waals surface area contributed by atoms with Crippen molar-refractivity contribution in [1.29, 1.82) is 0 Å². The van der Waals surface area contributed by atoms with Gasteiger partial charge in [-0.3, -0.25) is 14.2 Å². The molecule has 4 rings (SSSR count). The van der Waals surface area contributed by atoms with Gasteiger partial charge in [-0.25, -0.2) is 12.8 Å². The molecule has 9 nitrogen and oxygen atoms in total. The fourth-order valence-electron chi connectivity index (χ4n) is 3.65. The van der Waals surface area contributed by atoms with Crippen LogP contribution in [0.5, 0.6) is 0 Å². The van der Waals surface area contributed by atoms with Gasteiger partial charge in [-0.05, 0) is 25.0 Å². The topological polar surface area (TPSA) is 102 Å². The van der Waals surface area contributed by atoms with E-state index in [0.29, 0.717) is 35.8 Å². The minimum Gasteiger partial charge on any atom is -0.309 e. The number of aryl methyl sites for hydroxylation is 1. The van der Waals surface area contributed by atoms with Crippen LogP contribution < -0.4 is 5.32 Å². The lowest BCUT2D eigenvalue weighted by Crippen LogP contribution is -2.43. The van der Waals surface area contributed by atoms with Crippen LogP contribution in [-0.4, -0.2) is 51.3 Å². The maximum absolute atomic E-state index is 14.0. The van der Waals surface area contributed by atoms with Gasteiger partial charge in [-0.15, -0.1) is 0 Å². The van der Waals surface area contributed by atoms with Gasteiger partial charge in [0.25, 0.3) is 0 Å². The molecule has 0 spiro atoms. The molecule has 0 saturated carbocycles. The van der Waals surface area contributed by atoms with Crippen molar-refractivity contribution in [3.63, 3.8) is 0 Å². The number of benzene rings is 1. The Labute approximate surface area is 189 Å². The van der Waals surface area contributed by atoms with E-state index < -0.39 is 21.8 Å². The van der Waals surface area contributed by atoms with Crippen LogP contribution >= 0.6 is 11.6 Å². The van der Waals surface area contributed by atoms with Crippen molar-refractivity contribution in [3.05, 3.63) is 59.3 Å². The minimum atomic E-state index is -3.72. The zero-order chi connectivity index (χ0) is 22.9. The second-order valence-electron chi connectivity index (χ2n) is 7.64. The van der Waals surface area contributed by atoms with Crippen LogP contribution in [0, 0.1) is 11.7 Å². The molecule has 1 amide bonds. The molecule has 3 aromatic rings. The molecule has 3 heterocycles. The summed E-state index contributed by atoms with van der Waals surface area (Å²) in [4.78, 5) is 12.9. The van der Waals surface area contributed by atoms with E-state index in [-0.39, 0.29) is 23.9 Å². The van der Waals surface area contributed by atoms with Gasteiger partial charge in [0.15, 0.2) is 5.82 Å². The number of hydrogen-bond acceptors (Lipinski definition) is 5. The molecule has 1 aliphatic rings. The lowest BCUT2D eigenvalue weighted by Gasteiger charge is -2.30. The Hall–Kier alpha value is -2.76. The lowest BCUT2D eigenvalue weighted by atomic mass is 9.99. The van der Waals surface area contributed by atoms with Crippen LogP contribution in [0.15, 0.2) is 47.8 Å². The van der Waals surface area contributed by atoms with E-state index in [0.717, 1.165) is 0 Å². The summed E-state index contributed by atoms with van der Waals surface area (Å²) in [5, 5.41) is 11.2. The zero-order valence-corrected chi connectivity index (χ0v) is 18.9. The van der Waals surface area contributed by atoms with Crippen LogP contribution in [0.4, 0.5) is 10.2 Å². The largest absolute Gasteiger partial charge is 0.309 e. The zero-order valence-electron chi connectivity index (χ0n) is 17.3. The first-order chi connectivity index (χ1) is 15.2. The van der Waals surface area contributed by atoms with Gasteiger partial charge in [-0.1, -0.05) is 17.7 Å². The molecular formula is C20H22ClFN6O3S. The number of halogens is 2. The van der Waals surface area contributed by atoms with Crippen LogP contribution in [0.3, 0.4) is 0 Å². The van der Waals surface area contributed by atoms with Gasteiger partial charge in [-0.2, -0.15) is 14.5 Å². The van der Waals surface area contributed by atoms with Crippen molar-refractivity contribution in [3.8, 4) is 0 Å². The number of hydrogen-bond donors (Lipinski definition) is 1. The molecule has 0 aliphatic carbocycles. The van der Waals surface area contributed by atoms with Crippen LogP contribution in [0.25, 0.3) is 0 Å². The Morgan fingerprint density at radius 1 is 1.34 bits per heavy atom. The van der Waals surface area contributed by atoms with E-state index in [4.69, 9.17) is 11.6 Å². The Bertz CT molecular complexity index is 1220. The summed E-state index contributed by atoms with van der Waals surface area (Å²) in [6.45, 7) is 0.537. The maximum atomic E-state index is 14.0. The lowest BCUT2D eigenvalue weighted by molar-refractivity contribution is -0.120.